The van der Waals surface area contributed by atoms with Crippen LogP contribution in [0.2, 0.25) is 0 Å². The molecule has 2 aliphatic carbocycles. The van der Waals surface area contributed by atoms with E-state index < -0.39 is 0 Å². The zero-order chi connectivity index (χ0) is 11.4. The fraction of sp³-hybridized carbons (Fsp3) is 0.800. The lowest BCUT2D eigenvalue weighted by molar-refractivity contribution is -0.114. The molecule has 16 heavy (non-hydrogen) atoms. The van der Waals surface area contributed by atoms with Gasteiger partial charge in [-0.05, 0) is 50.0 Å². The topological polar surface area (TPSA) is 17.1 Å². The Balaban J connectivity index is 2.10. The Morgan fingerprint density at radius 1 is 1.12 bits per heavy atom. The van der Waals surface area contributed by atoms with E-state index in [2.05, 4.69) is 6.92 Å². The molecule has 1 nitrogen and oxygen atoms in total. The van der Waals surface area contributed by atoms with Gasteiger partial charge in [0, 0.05) is 6.42 Å². The Labute approximate surface area is 99.3 Å². The van der Waals surface area contributed by atoms with Crippen molar-refractivity contribution in [1.29, 1.82) is 0 Å². The van der Waals surface area contributed by atoms with Crippen LogP contribution in [-0.2, 0) is 4.79 Å². The first-order valence-electron chi connectivity index (χ1n) is 7.04. The van der Waals surface area contributed by atoms with Gasteiger partial charge in [-0.25, -0.2) is 0 Å². The zero-order valence-corrected chi connectivity index (χ0v) is 10.5. The molecule has 0 aromatic carbocycles. The van der Waals surface area contributed by atoms with Crippen LogP contribution in [0.3, 0.4) is 0 Å². The van der Waals surface area contributed by atoms with Gasteiger partial charge in [0.25, 0.3) is 0 Å². The minimum Gasteiger partial charge on any atom is -0.295 e. The highest BCUT2D eigenvalue weighted by Crippen LogP contribution is 2.39. The smallest absolute Gasteiger partial charge is 0.155 e. The van der Waals surface area contributed by atoms with Gasteiger partial charge in [-0.2, -0.15) is 0 Å². The molecule has 0 bridgehead atoms. The highest BCUT2D eigenvalue weighted by Gasteiger charge is 2.27. The standard InChI is InChI=1S/C15H24O/c1-2-12-7-4-6-10-15(12)13-8-3-5-9-14(16)11-13/h11-12,15H,2-10H2,1H3. The van der Waals surface area contributed by atoms with Gasteiger partial charge in [-0.3, -0.25) is 4.79 Å². The van der Waals surface area contributed by atoms with Crippen LogP contribution in [0.4, 0.5) is 0 Å². The third kappa shape index (κ3) is 2.75. The second-order valence-corrected chi connectivity index (χ2v) is 5.45. The summed E-state index contributed by atoms with van der Waals surface area (Å²) in [4.78, 5) is 11.7. The van der Waals surface area contributed by atoms with Crippen LogP contribution in [0, 0.1) is 11.8 Å². The fourth-order valence-corrected chi connectivity index (χ4v) is 3.46. The molecule has 2 aliphatic rings. The van der Waals surface area contributed by atoms with Crippen molar-refractivity contribution in [3.8, 4) is 0 Å². The van der Waals surface area contributed by atoms with Crippen LogP contribution < -0.4 is 0 Å². The van der Waals surface area contributed by atoms with E-state index in [-0.39, 0.29) is 0 Å². The van der Waals surface area contributed by atoms with Gasteiger partial charge in [-0.15, -0.1) is 0 Å². The first-order chi connectivity index (χ1) is 7.81. The molecule has 0 aromatic rings. The Bertz CT molecular complexity index is 277. The molecule has 2 rings (SSSR count). The second kappa shape index (κ2) is 5.65. The molecule has 0 saturated heterocycles. The molecular formula is C15H24O. The third-order valence-electron chi connectivity index (χ3n) is 4.39. The van der Waals surface area contributed by atoms with E-state index in [9.17, 15) is 4.79 Å². The number of ketones is 1. The van der Waals surface area contributed by atoms with E-state index in [0.717, 1.165) is 24.7 Å². The van der Waals surface area contributed by atoms with E-state index in [4.69, 9.17) is 0 Å². The number of rotatable bonds is 2. The van der Waals surface area contributed by atoms with Crippen molar-refractivity contribution >= 4 is 5.78 Å². The maximum atomic E-state index is 11.7. The third-order valence-corrected chi connectivity index (χ3v) is 4.39. The van der Waals surface area contributed by atoms with Gasteiger partial charge in [0.2, 0.25) is 0 Å². The Kier molecular flexibility index (Phi) is 4.20. The van der Waals surface area contributed by atoms with E-state index >= 15 is 0 Å². The first kappa shape index (κ1) is 11.9. The largest absolute Gasteiger partial charge is 0.295 e. The van der Waals surface area contributed by atoms with Crippen LogP contribution in [0.5, 0.6) is 0 Å². The van der Waals surface area contributed by atoms with Crippen molar-refractivity contribution in [1.82, 2.24) is 0 Å². The van der Waals surface area contributed by atoms with Gasteiger partial charge < -0.3 is 0 Å². The average Bonchev–Trinajstić information content (AvgIpc) is 2.54. The lowest BCUT2D eigenvalue weighted by atomic mass is 9.73. The maximum absolute atomic E-state index is 11.7. The summed E-state index contributed by atoms with van der Waals surface area (Å²) in [6.45, 7) is 2.31. The molecule has 0 aliphatic heterocycles. The van der Waals surface area contributed by atoms with Crippen molar-refractivity contribution < 1.29 is 4.79 Å². The van der Waals surface area contributed by atoms with Crippen molar-refractivity contribution in [3.05, 3.63) is 11.6 Å². The lowest BCUT2D eigenvalue weighted by Gasteiger charge is -2.32. The molecular weight excluding hydrogens is 196 g/mol. The fourth-order valence-electron chi connectivity index (χ4n) is 3.46. The van der Waals surface area contributed by atoms with Crippen molar-refractivity contribution in [3.63, 3.8) is 0 Å². The summed E-state index contributed by atoms with van der Waals surface area (Å²) in [5, 5.41) is 0. The SMILES string of the molecule is CCC1CCCCC1C1=CC(=O)CCCC1. The summed E-state index contributed by atoms with van der Waals surface area (Å²) in [6.07, 6.45) is 13.1. The minimum atomic E-state index is 0.382. The number of carbonyl (C=O) groups excluding carboxylic acids is 1. The second-order valence-electron chi connectivity index (χ2n) is 5.45. The molecule has 0 amide bonds. The summed E-state index contributed by atoms with van der Waals surface area (Å²) < 4.78 is 0. The first-order valence-corrected chi connectivity index (χ1v) is 7.04. The highest BCUT2D eigenvalue weighted by atomic mass is 16.1. The molecule has 2 atom stereocenters. The molecule has 0 heterocycles. The van der Waals surface area contributed by atoms with Gasteiger partial charge in [-0.1, -0.05) is 31.8 Å². The number of carbonyl (C=O) groups is 1. The normalized spacial score (nSPS) is 32.1. The van der Waals surface area contributed by atoms with Gasteiger partial charge in [0.05, 0.1) is 0 Å². The number of hydrogen-bond acceptors (Lipinski definition) is 1. The molecule has 0 radical (unpaired) electrons. The van der Waals surface area contributed by atoms with E-state index in [0.29, 0.717) is 5.78 Å². The molecule has 1 fully saturated rings. The van der Waals surface area contributed by atoms with Gasteiger partial charge >= 0.3 is 0 Å². The number of hydrogen-bond donors (Lipinski definition) is 0. The molecule has 90 valence electrons. The summed E-state index contributed by atoms with van der Waals surface area (Å²) in [6, 6.07) is 0. The quantitative estimate of drug-likeness (QED) is 0.679. The zero-order valence-electron chi connectivity index (χ0n) is 10.5. The van der Waals surface area contributed by atoms with Crippen LogP contribution in [0.25, 0.3) is 0 Å². The highest BCUT2D eigenvalue weighted by molar-refractivity contribution is 5.90. The Morgan fingerprint density at radius 2 is 1.88 bits per heavy atom. The molecule has 2 unspecified atom stereocenters. The Morgan fingerprint density at radius 3 is 2.69 bits per heavy atom. The van der Waals surface area contributed by atoms with E-state index in [1.54, 1.807) is 0 Å². The molecule has 1 saturated carbocycles. The van der Waals surface area contributed by atoms with E-state index in [1.165, 1.54) is 50.5 Å². The van der Waals surface area contributed by atoms with Crippen molar-refractivity contribution in [2.45, 2.75) is 64.7 Å². The van der Waals surface area contributed by atoms with Crippen molar-refractivity contribution in [2.24, 2.45) is 11.8 Å². The number of allylic oxidation sites excluding steroid dienone is 2. The summed E-state index contributed by atoms with van der Waals surface area (Å²) in [5.41, 5.74) is 1.49. The predicted molar refractivity (Wildman–Crippen MR) is 67.3 cm³/mol. The van der Waals surface area contributed by atoms with Crippen LogP contribution in [-0.4, -0.2) is 5.78 Å². The Hall–Kier alpha value is -0.590. The van der Waals surface area contributed by atoms with E-state index in [1.807, 2.05) is 6.08 Å². The van der Waals surface area contributed by atoms with Crippen LogP contribution >= 0.6 is 0 Å². The van der Waals surface area contributed by atoms with Gasteiger partial charge in [0.1, 0.15) is 0 Å². The summed E-state index contributed by atoms with van der Waals surface area (Å²) in [5.74, 6) is 1.97. The summed E-state index contributed by atoms with van der Waals surface area (Å²) in [7, 11) is 0. The van der Waals surface area contributed by atoms with Gasteiger partial charge in [0.15, 0.2) is 5.78 Å². The molecule has 0 N–H and O–H groups in total. The van der Waals surface area contributed by atoms with Crippen molar-refractivity contribution in [2.75, 3.05) is 0 Å². The lowest BCUT2D eigenvalue weighted by Crippen LogP contribution is -2.21. The van der Waals surface area contributed by atoms with Crippen LogP contribution in [0.15, 0.2) is 11.6 Å². The summed E-state index contributed by atoms with van der Waals surface area (Å²) >= 11 is 0. The molecule has 0 aromatic heterocycles. The monoisotopic (exact) mass is 220 g/mol. The maximum Gasteiger partial charge on any atom is 0.155 e. The molecule has 1 heteroatoms. The van der Waals surface area contributed by atoms with Crippen LogP contribution in [0.1, 0.15) is 64.7 Å². The average molecular weight is 220 g/mol. The minimum absolute atomic E-state index is 0.382. The molecule has 0 spiro atoms. The predicted octanol–water partition coefficient (Wildman–Crippen LogP) is 4.27.